The Morgan fingerprint density at radius 1 is 0.982 bits per heavy atom. The zero-order valence-corrected chi connectivity index (χ0v) is 31.5. The molecular formula is C40H45ClN10O4. The first-order valence-electron chi connectivity index (χ1n) is 19.4. The number of halogens is 1. The van der Waals surface area contributed by atoms with Crippen LogP contribution >= 0.6 is 11.6 Å². The number of nitrogens with zero attached hydrogens (tertiary/aromatic N) is 8. The Morgan fingerprint density at radius 3 is 2.56 bits per heavy atom. The van der Waals surface area contributed by atoms with E-state index in [9.17, 15) is 14.4 Å². The van der Waals surface area contributed by atoms with E-state index in [-0.39, 0.29) is 42.5 Å². The zero-order chi connectivity index (χ0) is 37.9. The van der Waals surface area contributed by atoms with Crippen LogP contribution in [0.2, 0.25) is 5.02 Å². The van der Waals surface area contributed by atoms with Crippen LogP contribution in [0.15, 0.2) is 54.7 Å². The highest BCUT2D eigenvalue weighted by Crippen LogP contribution is 2.33. The average molecular weight is 765 g/mol. The number of urea groups is 1. The van der Waals surface area contributed by atoms with Crippen molar-refractivity contribution in [2.24, 2.45) is 5.92 Å². The van der Waals surface area contributed by atoms with E-state index in [2.05, 4.69) is 47.4 Å². The van der Waals surface area contributed by atoms with E-state index in [0.717, 1.165) is 100 Å². The van der Waals surface area contributed by atoms with Crippen molar-refractivity contribution in [3.8, 4) is 11.8 Å². The van der Waals surface area contributed by atoms with Gasteiger partial charge in [-0.25, -0.2) is 4.79 Å². The van der Waals surface area contributed by atoms with Crippen molar-refractivity contribution in [2.75, 3.05) is 49.1 Å². The van der Waals surface area contributed by atoms with Crippen molar-refractivity contribution >= 4 is 51.9 Å². The second kappa shape index (κ2) is 16.2. The Hall–Kier alpha value is -5.26. The van der Waals surface area contributed by atoms with Crippen molar-refractivity contribution in [3.05, 3.63) is 71.0 Å². The number of anilines is 2. The minimum Gasteiger partial charge on any atom is -0.490 e. The van der Waals surface area contributed by atoms with Gasteiger partial charge in [-0.05, 0) is 93.7 Å². The molecule has 4 aromatic rings. The number of aromatic nitrogens is 4. The number of rotatable bonds is 9. The van der Waals surface area contributed by atoms with Crippen LogP contribution in [-0.2, 0) is 4.79 Å². The van der Waals surface area contributed by atoms with Gasteiger partial charge in [0.2, 0.25) is 5.91 Å². The Bertz CT molecular complexity index is 2090. The number of fused-ring (bicyclic) bond motifs is 1. The van der Waals surface area contributed by atoms with Crippen molar-refractivity contribution in [1.29, 1.82) is 5.26 Å². The fourth-order valence-electron chi connectivity index (χ4n) is 8.56. The van der Waals surface area contributed by atoms with Crippen molar-refractivity contribution in [3.63, 3.8) is 0 Å². The van der Waals surface area contributed by atoms with Crippen molar-refractivity contribution in [1.82, 2.24) is 35.5 Å². The van der Waals surface area contributed by atoms with E-state index in [1.807, 2.05) is 24.4 Å². The summed E-state index contributed by atoms with van der Waals surface area (Å²) in [5.74, 6) is 1.51. The summed E-state index contributed by atoms with van der Waals surface area (Å²) in [7, 11) is 0. The molecule has 0 spiro atoms. The second-order valence-corrected chi connectivity index (χ2v) is 15.5. The summed E-state index contributed by atoms with van der Waals surface area (Å²) in [6.07, 6.45) is 9.60. The van der Waals surface area contributed by atoms with Gasteiger partial charge in [-0.1, -0.05) is 17.7 Å². The molecule has 15 heteroatoms. The number of hydrogen-bond acceptors (Lipinski definition) is 10. The van der Waals surface area contributed by atoms with E-state index >= 15 is 0 Å². The zero-order valence-electron chi connectivity index (χ0n) is 30.7. The lowest BCUT2D eigenvalue weighted by atomic mass is 9.92. The van der Waals surface area contributed by atoms with Crippen LogP contribution in [-0.4, -0.2) is 94.1 Å². The molecular weight excluding hydrogens is 720 g/mol. The van der Waals surface area contributed by atoms with Gasteiger partial charge in [0.15, 0.2) is 11.5 Å². The number of carbonyl (C=O) groups excluding carboxylic acids is 3. The molecule has 2 aromatic heterocycles. The highest BCUT2D eigenvalue weighted by molar-refractivity contribution is 6.31. The Kier molecular flexibility index (Phi) is 10.8. The summed E-state index contributed by atoms with van der Waals surface area (Å²) in [6, 6.07) is 16.7. The predicted molar refractivity (Wildman–Crippen MR) is 207 cm³/mol. The lowest BCUT2D eigenvalue weighted by Gasteiger charge is -2.38. The summed E-state index contributed by atoms with van der Waals surface area (Å²) in [6.45, 7) is 5.19. The summed E-state index contributed by atoms with van der Waals surface area (Å²) in [5.41, 5.74) is 2.53. The lowest BCUT2D eigenvalue weighted by molar-refractivity contribution is -0.120. The molecule has 3 saturated heterocycles. The number of imide groups is 1. The van der Waals surface area contributed by atoms with Crippen molar-refractivity contribution in [2.45, 2.75) is 76.0 Å². The van der Waals surface area contributed by atoms with Crippen LogP contribution in [0.25, 0.3) is 10.9 Å². The number of hydrogen-bond donors (Lipinski definition) is 2. The number of nitriles is 1. The lowest BCUT2D eigenvalue weighted by Crippen LogP contribution is -2.49. The Morgan fingerprint density at radius 2 is 1.82 bits per heavy atom. The van der Waals surface area contributed by atoms with Gasteiger partial charge in [-0.2, -0.15) is 10.4 Å². The molecule has 1 unspecified atom stereocenters. The molecule has 4 amide bonds. The molecule has 4 aliphatic rings. The number of benzene rings is 2. The largest absolute Gasteiger partial charge is 0.490 e. The molecule has 14 nitrogen and oxygen atoms in total. The normalized spacial score (nSPS) is 22.7. The van der Waals surface area contributed by atoms with Crippen LogP contribution in [0.4, 0.5) is 16.3 Å². The maximum atomic E-state index is 13.1. The minimum atomic E-state index is -0.385. The van der Waals surface area contributed by atoms with Crippen LogP contribution in [0.5, 0.6) is 5.75 Å². The maximum absolute atomic E-state index is 13.1. The van der Waals surface area contributed by atoms with Gasteiger partial charge in [0.25, 0.3) is 5.91 Å². The molecule has 4 fully saturated rings. The minimum absolute atomic E-state index is 0.0293. The fraction of sp³-hybridized carbons (Fsp3) is 0.475. The quantitative estimate of drug-likeness (QED) is 0.224. The van der Waals surface area contributed by atoms with Gasteiger partial charge in [-0.15, -0.1) is 10.2 Å². The van der Waals surface area contributed by atoms with Crippen LogP contribution < -0.4 is 25.2 Å². The fourth-order valence-corrected chi connectivity index (χ4v) is 8.77. The van der Waals surface area contributed by atoms with Crippen LogP contribution in [0.3, 0.4) is 0 Å². The van der Waals surface area contributed by atoms with E-state index in [0.29, 0.717) is 34.5 Å². The SMILES string of the molecule is N#Cc1ccc(OC2CCC(NC(=O)c3ccc(N4CCCC(CN5CCC(n6ncc7c(N8CCC(=O)NC8=O)cccc76)CC5)C4)nn3)CC2)cc1Cl. The summed E-state index contributed by atoms with van der Waals surface area (Å²) in [4.78, 5) is 43.8. The summed E-state index contributed by atoms with van der Waals surface area (Å²) >= 11 is 6.16. The highest BCUT2D eigenvalue weighted by atomic mass is 35.5. The van der Waals surface area contributed by atoms with Crippen LogP contribution in [0.1, 0.15) is 79.9 Å². The van der Waals surface area contributed by atoms with Crippen molar-refractivity contribution < 1.29 is 19.1 Å². The molecule has 0 radical (unpaired) electrons. The molecule has 1 aliphatic carbocycles. The molecule has 3 aliphatic heterocycles. The number of carbonyl (C=O) groups is 3. The molecule has 2 aromatic carbocycles. The topological polar surface area (TPSA) is 162 Å². The third-order valence-corrected chi connectivity index (χ3v) is 11.8. The van der Waals surface area contributed by atoms with E-state index in [1.54, 1.807) is 29.2 Å². The van der Waals surface area contributed by atoms with Gasteiger partial charge < -0.3 is 19.9 Å². The molecule has 0 bridgehead atoms. The third kappa shape index (κ3) is 8.23. The van der Waals surface area contributed by atoms with Gasteiger partial charge in [0.1, 0.15) is 11.8 Å². The number of likely N-dealkylation sites (tertiary alicyclic amines) is 1. The number of nitrogens with one attached hydrogen (secondary N) is 2. The summed E-state index contributed by atoms with van der Waals surface area (Å²) in [5, 5.41) is 29.5. The van der Waals surface area contributed by atoms with E-state index in [4.69, 9.17) is 26.7 Å². The van der Waals surface area contributed by atoms with E-state index in [1.165, 1.54) is 6.42 Å². The number of ether oxygens (including phenoxy) is 1. The molecule has 8 rings (SSSR count). The van der Waals surface area contributed by atoms with Crippen LogP contribution in [0, 0.1) is 17.2 Å². The standard InChI is InChI=1S/C40H45ClN10O4/c41-33-21-31(9-6-27(33)22-42)55-30-10-7-28(8-11-30)44-39(53)34-12-13-37(47-46-34)49-17-2-3-26(25-49)24-48-18-14-29(15-19-48)51-36-5-1-4-35(32(36)23-43-51)50-20-16-38(52)45-40(50)54/h1,4-6,9,12-13,21,23,26,28-30H,2-3,7-8,10-11,14-20,24-25H2,(H,44,53)(H,45,52,54). The highest BCUT2D eigenvalue weighted by Gasteiger charge is 2.30. The van der Waals surface area contributed by atoms with E-state index < -0.39 is 0 Å². The predicted octanol–water partition coefficient (Wildman–Crippen LogP) is 5.47. The molecule has 286 valence electrons. The van der Waals surface area contributed by atoms with Gasteiger partial charge >= 0.3 is 6.03 Å². The first kappa shape index (κ1) is 36.7. The summed E-state index contributed by atoms with van der Waals surface area (Å²) < 4.78 is 8.21. The van der Waals surface area contributed by atoms with Gasteiger partial charge in [0, 0.05) is 63.2 Å². The molecule has 5 heterocycles. The smallest absolute Gasteiger partial charge is 0.328 e. The number of piperidine rings is 2. The first-order chi connectivity index (χ1) is 26.8. The second-order valence-electron chi connectivity index (χ2n) is 15.1. The third-order valence-electron chi connectivity index (χ3n) is 11.5. The number of amides is 4. The molecule has 55 heavy (non-hydrogen) atoms. The van der Waals surface area contributed by atoms with Gasteiger partial charge in [-0.3, -0.25) is 24.5 Å². The Labute approximate surface area is 324 Å². The average Bonchev–Trinajstić information content (AvgIpc) is 3.64. The van der Waals surface area contributed by atoms with Gasteiger partial charge in [0.05, 0.1) is 40.1 Å². The first-order valence-corrected chi connectivity index (χ1v) is 19.7. The Balaban J connectivity index is 0.791. The maximum Gasteiger partial charge on any atom is 0.328 e. The molecule has 1 atom stereocenters. The molecule has 1 saturated carbocycles. The monoisotopic (exact) mass is 764 g/mol. The molecule has 2 N–H and O–H groups in total.